The Labute approximate surface area is 120 Å². The Kier molecular flexibility index (Phi) is 4.26. The molecule has 20 heavy (non-hydrogen) atoms. The Bertz CT molecular complexity index is 543. The van der Waals surface area contributed by atoms with Gasteiger partial charge in [-0.3, -0.25) is 0 Å². The second-order valence-electron chi connectivity index (χ2n) is 5.97. The normalized spacial score (nSPS) is 15.1. The smallest absolute Gasteiger partial charge is 0.123 e. The molecule has 2 unspecified atom stereocenters. The van der Waals surface area contributed by atoms with Crippen molar-refractivity contribution in [1.82, 2.24) is 9.78 Å². The van der Waals surface area contributed by atoms with E-state index in [1.165, 1.54) is 0 Å². The van der Waals surface area contributed by atoms with Gasteiger partial charge in [0.05, 0.1) is 17.5 Å². The maximum absolute atomic E-state index is 10.7. The molecule has 0 bridgehead atoms. The van der Waals surface area contributed by atoms with Crippen LogP contribution in [0.25, 0.3) is 5.69 Å². The molecule has 1 aromatic carbocycles. The van der Waals surface area contributed by atoms with E-state index in [1.54, 1.807) is 18.0 Å². The average molecular weight is 274 g/mol. The van der Waals surface area contributed by atoms with Gasteiger partial charge in [-0.05, 0) is 23.6 Å². The van der Waals surface area contributed by atoms with Crippen LogP contribution in [0.4, 0.5) is 0 Å². The van der Waals surface area contributed by atoms with E-state index in [1.807, 2.05) is 57.2 Å². The first-order valence-corrected chi connectivity index (χ1v) is 6.75. The number of nitrogens with zero attached hydrogens (tertiary/aromatic N) is 2. The summed E-state index contributed by atoms with van der Waals surface area (Å²) in [6, 6.07) is 11.6. The number of hydrogen-bond acceptors (Lipinski definition) is 3. The standard InChI is InChI=1S/C16H22N2O2/c1-16(2,3)15(20-4)14(19)13-10-11-17-18(13)12-8-6-5-7-9-12/h5-11,14-15,19H,1-4H3. The van der Waals surface area contributed by atoms with Crippen molar-refractivity contribution in [2.75, 3.05) is 7.11 Å². The number of benzene rings is 1. The van der Waals surface area contributed by atoms with Crippen molar-refractivity contribution in [3.8, 4) is 5.69 Å². The highest BCUT2D eigenvalue weighted by Gasteiger charge is 2.34. The van der Waals surface area contributed by atoms with Crippen LogP contribution >= 0.6 is 0 Å². The molecular formula is C16H22N2O2. The number of hydrogen-bond donors (Lipinski definition) is 1. The highest BCUT2D eigenvalue weighted by atomic mass is 16.5. The summed E-state index contributed by atoms with van der Waals surface area (Å²) in [5.74, 6) is 0. The van der Waals surface area contributed by atoms with E-state index < -0.39 is 6.10 Å². The lowest BCUT2D eigenvalue weighted by Crippen LogP contribution is -2.35. The second-order valence-corrected chi connectivity index (χ2v) is 5.97. The van der Waals surface area contributed by atoms with Crippen LogP contribution in [0, 0.1) is 5.41 Å². The van der Waals surface area contributed by atoms with Crippen molar-refractivity contribution in [3.63, 3.8) is 0 Å². The molecule has 0 saturated heterocycles. The summed E-state index contributed by atoms with van der Waals surface area (Å²) in [5.41, 5.74) is 1.49. The SMILES string of the molecule is COC(C(O)c1ccnn1-c1ccccc1)C(C)(C)C. The van der Waals surface area contributed by atoms with Crippen molar-refractivity contribution in [2.45, 2.75) is 33.0 Å². The van der Waals surface area contributed by atoms with Gasteiger partial charge in [0, 0.05) is 13.3 Å². The molecule has 4 nitrogen and oxygen atoms in total. The Morgan fingerprint density at radius 2 is 1.80 bits per heavy atom. The first kappa shape index (κ1) is 14.8. The number of rotatable bonds is 4. The molecule has 2 rings (SSSR count). The fourth-order valence-corrected chi connectivity index (χ4v) is 2.43. The number of aliphatic hydroxyl groups excluding tert-OH is 1. The van der Waals surface area contributed by atoms with Crippen molar-refractivity contribution >= 4 is 0 Å². The fraction of sp³-hybridized carbons (Fsp3) is 0.438. The van der Waals surface area contributed by atoms with Crippen molar-refractivity contribution < 1.29 is 9.84 Å². The average Bonchev–Trinajstić information content (AvgIpc) is 2.88. The Hall–Kier alpha value is -1.65. The third-order valence-corrected chi connectivity index (χ3v) is 3.37. The van der Waals surface area contributed by atoms with E-state index >= 15 is 0 Å². The minimum Gasteiger partial charge on any atom is -0.384 e. The lowest BCUT2D eigenvalue weighted by atomic mass is 9.84. The van der Waals surface area contributed by atoms with E-state index in [-0.39, 0.29) is 11.5 Å². The first-order chi connectivity index (χ1) is 9.45. The monoisotopic (exact) mass is 274 g/mol. The summed E-state index contributed by atoms with van der Waals surface area (Å²) in [6.07, 6.45) is 0.658. The highest BCUT2D eigenvalue weighted by Crippen LogP contribution is 2.32. The maximum Gasteiger partial charge on any atom is 0.123 e. The summed E-state index contributed by atoms with van der Waals surface area (Å²) in [6.45, 7) is 6.15. The number of ether oxygens (including phenoxy) is 1. The minimum absolute atomic E-state index is 0.167. The predicted molar refractivity (Wildman–Crippen MR) is 78.8 cm³/mol. The maximum atomic E-state index is 10.7. The van der Waals surface area contributed by atoms with Gasteiger partial charge in [-0.2, -0.15) is 5.10 Å². The van der Waals surface area contributed by atoms with Crippen LogP contribution in [-0.4, -0.2) is 28.1 Å². The zero-order chi connectivity index (χ0) is 14.8. The fourth-order valence-electron chi connectivity index (χ4n) is 2.43. The molecule has 1 aromatic heterocycles. The molecular weight excluding hydrogens is 252 g/mol. The van der Waals surface area contributed by atoms with Gasteiger partial charge in [0.2, 0.25) is 0 Å². The molecule has 1 heterocycles. The van der Waals surface area contributed by atoms with Crippen molar-refractivity contribution in [3.05, 3.63) is 48.3 Å². The van der Waals surface area contributed by atoms with Crippen LogP contribution in [0.2, 0.25) is 0 Å². The number of aliphatic hydroxyl groups is 1. The predicted octanol–water partition coefficient (Wildman–Crippen LogP) is 2.97. The van der Waals surface area contributed by atoms with Gasteiger partial charge in [0.1, 0.15) is 6.10 Å². The van der Waals surface area contributed by atoms with E-state index in [4.69, 9.17) is 4.74 Å². The van der Waals surface area contributed by atoms with Gasteiger partial charge in [-0.25, -0.2) is 4.68 Å². The van der Waals surface area contributed by atoms with Crippen LogP contribution in [0.5, 0.6) is 0 Å². The van der Waals surface area contributed by atoms with Gasteiger partial charge < -0.3 is 9.84 Å². The molecule has 2 aromatic rings. The Morgan fingerprint density at radius 3 is 2.35 bits per heavy atom. The van der Waals surface area contributed by atoms with E-state index in [2.05, 4.69) is 5.10 Å². The highest BCUT2D eigenvalue weighted by molar-refractivity contribution is 5.33. The molecule has 0 aliphatic heterocycles. The van der Waals surface area contributed by atoms with Crippen LogP contribution in [0.3, 0.4) is 0 Å². The molecule has 0 aliphatic carbocycles. The first-order valence-electron chi connectivity index (χ1n) is 6.75. The summed E-state index contributed by atoms with van der Waals surface area (Å²) in [7, 11) is 1.63. The Balaban J connectivity index is 2.37. The molecule has 108 valence electrons. The molecule has 0 spiro atoms. The van der Waals surface area contributed by atoms with Crippen molar-refractivity contribution in [1.29, 1.82) is 0 Å². The van der Waals surface area contributed by atoms with Crippen LogP contribution in [0.1, 0.15) is 32.6 Å². The summed E-state index contributed by atoms with van der Waals surface area (Å²) < 4.78 is 7.25. The molecule has 0 amide bonds. The van der Waals surface area contributed by atoms with Crippen molar-refractivity contribution in [2.24, 2.45) is 5.41 Å². The number of aromatic nitrogens is 2. The van der Waals surface area contributed by atoms with Crippen LogP contribution in [0.15, 0.2) is 42.6 Å². The molecule has 2 atom stereocenters. The summed E-state index contributed by atoms with van der Waals surface area (Å²) in [5, 5.41) is 15.0. The molecule has 0 aliphatic rings. The van der Waals surface area contributed by atoms with Crippen LogP contribution in [-0.2, 0) is 4.74 Å². The number of para-hydroxylation sites is 1. The second kappa shape index (κ2) is 5.77. The minimum atomic E-state index is -0.734. The molecule has 1 N–H and O–H groups in total. The molecule has 4 heteroatoms. The molecule has 0 fully saturated rings. The quantitative estimate of drug-likeness (QED) is 0.932. The molecule has 0 saturated carbocycles. The topological polar surface area (TPSA) is 47.3 Å². The lowest BCUT2D eigenvalue weighted by Gasteiger charge is -2.33. The van der Waals surface area contributed by atoms with Gasteiger partial charge in [-0.15, -0.1) is 0 Å². The van der Waals surface area contributed by atoms with E-state index in [0.29, 0.717) is 0 Å². The summed E-state index contributed by atoms with van der Waals surface area (Å²) in [4.78, 5) is 0. The Morgan fingerprint density at radius 1 is 1.15 bits per heavy atom. The zero-order valence-electron chi connectivity index (χ0n) is 12.4. The summed E-state index contributed by atoms with van der Waals surface area (Å²) >= 11 is 0. The van der Waals surface area contributed by atoms with E-state index in [9.17, 15) is 5.11 Å². The van der Waals surface area contributed by atoms with Gasteiger partial charge >= 0.3 is 0 Å². The third kappa shape index (κ3) is 2.92. The largest absolute Gasteiger partial charge is 0.384 e. The third-order valence-electron chi connectivity index (χ3n) is 3.37. The van der Waals surface area contributed by atoms with Gasteiger partial charge in [0.25, 0.3) is 0 Å². The molecule has 0 radical (unpaired) electrons. The van der Waals surface area contributed by atoms with E-state index in [0.717, 1.165) is 11.4 Å². The van der Waals surface area contributed by atoms with Crippen LogP contribution < -0.4 is 0 Å². The lowest BCUT2D eigenvalue weighted by molar-refractivity contribution is -0.0747. The zero-order valence-corrected chi connectivity index (χ0v) is 12.4. The van der Waals surface area contributed by atoms with Gasteiger partial charge in [0.15, 0.2) is 0 Å². The van der Waals surface area contributed by atoms with Gasteiger partial charge in [-0.1, -0.05) is 39.0 Å². The number of methoxy groups -OCH3 is 1.